The maximum absolute atomic E-state index is 13.0. The normalized spacial score (nSPS) is 15.5. The van der Waals surface area contributed by atoms with Crippen LogP contribution in [-0.2, 0) is 21.4 Å². The van der Waals surface area contributed by atoms with Crippen molar-refractivity contribution in [3.05, 3.63) is 63.6 Å². The molecule has 0 saturated carbocycles. The number of hydrogen-bond donors (Lipinski definition) is 0. The average molecular weight is 452 g/mol. The van der Waals surface area contributed by atoms with Gasteiger partial charge in [0.15, 0.2) is 0 Å². The Hall–Kier alpha value is -1.70. The zero-order valence-corrected chi connectivity index (χ0v) is 17.6. The highest BCUT2D eigenvalue weighted by Crippen LogP contribution is 2.25. The predicted octanol–water partition coefficient (Wildman–Crippen LogP) is 4.29. The summed E-state index contributed by atoms with van der Waals surface area (Å²) in [5.74, 6) is -0.534. The van der Waals surface area contributed by atoms with E-state index in [-0.39, 0.29) is 17.1 Å². The highest BCUT2D eigenvalue weighted by molar-refractivity contribution is 9.10. The lowest BCUT2D eigenvalue weighted by atomic mass is 10.1. The molecule has 0 radical (unpaired) electrons. The number of nitrogens with zero attached hydrogens (tertiary/aromatic N) is 1. The molecule has 0 spiro atoms. The van der Waals surface area contributed by atoms with Gasteiger partial charge in [0, 0.05) is 17.6 Å². The van der Waals surface area contributed by atoms with Gasteiger partial charge in [0.05, 0.1) is 10.5 Å². The van der Waals surface area contributed by atoms with Crippen LogP contribution in [0.4, 0.5) is 0 Å². The molecule has 1 fully saturated rings. The van der Waals surface area contributed by atoms with Gasteiger partial charge < -0.3 is 4.74 Å². The standard InChI is InChI=1S/C20H22BrNO4S/c1-15-5-8-17(20(23)26-14-16-6-9-18(21)10-7-16)13-19(15)27(24,25)22-11-3-2-4-12-22/h5-10,13H,2-4,11-12,14H2,1H3. The fraction of sp³-hybridized carbons (Fsp3) is 0.350. The number of esters is 1. The summed E-state index contributed by atoms with van der Waals surface area (Å²) in [7, 11) is -3.60. The number of hydrogen-bond acceptors (Lipinski definition) is 4. The van der Waals surface area contributed by atoms with Crippen LogP contribution in [0.3, 0.4) is 0 Å². The second-order valence-electron chi connectivity index (χ2n) is 6.65. The Morgan fingerprint density at radius 2 is 1.74 bits per heavy atom. The molecule has 2 aromatic rings. The molecule has 0 unspecified atom stereocenters. The van der Waals surface area contributed by atoms with Crippen LogP contribution in [0.25, 0.3) is 0 Å². The van der Waals surface area contributed by atoms with E-state index in [1.54, 1.807) is 19.1 Å². The summed E-state index contributed by atoms with van der Waals surface area (Å²) in [6.45, 7) is 2.93. The van der Waals surface area contributed by atoms with Crippen molar-refractivity contribution >= 4 is 31.9 Å². The van der Waals surface area contributed by atoms with Gasteiger partial charge in [-0.05, 0) is 55.2 Å². The van der Waals surface area contributed by atoms with Crippen molar-refractivity contribution in [3.8, 4) is 0 Å². The third kappa shape index (κ3) is 4.78. The second-order valence-corrected chi connectivity index (χ2v) is 9.47. The van der Waals surface area contributed by atoms with Crippen LogP contribution in [0, 0.1) is 6.92 Å². The van der Waals surface area contributed by atoms with Gasteiger partial charge in [-0.2, -0.15) is 4.31 Å². The van der Waals surface area contributed by atoms with Gasteiger partial charge in [-0.1, -0.05) is 40.5 Å². The summed E-state index contributed by atoms with van der Waals surface area (Å²) in [6, 6.07) is 12.2. The summed E-state index contributed by atoms with van der Waals surface area (Å²) >= 11 is 3.36. The molecule has 27 heavy (non-hydrogen) atoms. The van der Waals surface area contributed by atoms with Crippen molar-refractivity contribution < 1.29 is 17.9 Å². The maximum Gasteiger partial charge on any atom is 0.338 e. The van der Waals surface area contributed by atoms with E-state index in [0.29, 0.717) is 18.7 Å². The van der Waals surface area contributed by atoms with E-state index in [4.69, 9.17) is 4.74 Å². The minimum atomic E-state index is -3.60. The van der Waals surface area contributed by atoms with Gasteiger partial charge in [-0.25, -0.2) is 13.2 Å². The van der Waals surface area contributed by atoms with Crippen LogP contribution < -0.4 is 0 Å². The monoisotopic (exact) mass is 451 g/mol. The van der Waals surface area contributed by atoms with E-state index >= 15 is 0 Å². The lowest BCUT2D eigenvalue weighted by Crippen LogP contribution is -2.36. The smallest absolute Gasteiger partial charge is 0.338 e. The lowest BCUT2D eigenvalue weighted by Gasteiger charge is -2.26. The Morgan fingerprint density at radius 3 is 2.41 bits per heavy atom. The Balaban J connectivity index is 1.77. The Kier molecular flexibility index (Phi) is 6.34. The minimum absolute atomic E-state index is 0.133. The quantitative estimate of drug-likeness (QED) is 0.635. The van der Waals surface area contributed by atoms with E-state index in [1.165, 1.54) is 10.4 Å². The average Bonchev–Trinajstić information content (AvgIpc) is 2.68. The molecule has 0 N–H and O–H groups in total. The maximum atomic E-state index is 13.0. The zero-order valence-electron chi connectivity index (χ0n) is 15.2. The number of rotatable bonds is 5. The van der Waals surface area contributed by atoms with E-state index in [1.807, 2.05) is 24.3 Å². The third-order valence-electron chi connectivity index (χ3n) is 4.64. The number of halogens is 1. The van der Waals surface area contributed by atoms with Crippen molar-refractivity contribution in [3.63, 3.8) is 0 Å². The van der Waals surface area contributed by atoms with Crippen LogP contribution >= 0.6 is 15.9 Å². The van der Waals surface area contributed by atoms with Gasteiger partial charge in [0.1, 0.15) is 6.61 Å². The number of benzene rings is 2. The third-order valence-corrected chi connectivity index (χ3v) is 7.21. The number of aryl methyl sites for hydroxylation is 1. The molecule has 3 rings (SSSR count). The fourth-order valence-corrected chi connectivity index (χ4v) is 5.09. The highest BCUT2D eigenvalue weighted by Gasteiger charge is 2.28. The second kappa shape index (κ2) is 8.54. The molecule has 0 atom stereocenters. The summed E-state index contributed by atoms with van der Waals surface area (Å²) in [6.07, 6.45) is 2.79. The first-order valence-corrected chi connectivity index (χ1v) is 11.1. The van der Waals surface area contributed by atoms with E-state index in [9.17, 15) is 13.2 Å². The largest absolute Gasteiger partial charge is 0.457 e. The molecule has 144 valence electrons. The van der Waals surface area contributed by atoms with E-state index < -0.39 is 16.0 Å². The zero-order chi connectivity index (χ0) is 19.4. The van der Waals surface area contributed by atoms with Crippen molar-refractivity contribution in [2.24, 2.45) is 0 Å². The fourth-order valence-electron chi connectivity index (χ4n) is 3.06. The molecule has 7 heteroatoms. The van der Waals surface area contributed by atoms with Gasteiger partial charge >= 0.3 is 5.97 Å². The predicted molar refractivity (Wildman–Crippen MR) is 107 cm³/mol. The van der Waals surface area contributed by atoms with Gasteiger partial charge in [0.25, 0.3) is 0 Å². The molecule has 0 aliphatic carbocycles. The van der Waals surface area contributed by atoms with Crippen molar-refractivity contribution in [2.45, 2.75) is 37.7 Å². The van der Waals surface area contributed by atoms with Crippen molar-refractivity contribution in [1.29, 1.82) is 0 Å². The van der Waals surface area contributed by atoms with E-state index in [0.717, 1.165) is 29.3 Å². The van der Waals surface area contributed by atoms with Gasteiger partial charge in [-0.15, -0.1) is 0 Å². The number of carbonyl (C=O) groups excluding carboxylic acids is 1. The first-order valence-electron chi connectivity index (χ1n) is 8.90. The molecule has 1 aliphatic heterocycles. The molecule has 1 aliphatic rings. The molecular weight excluding hydrogens is 430 g/mol. The summed E-state index contributed by atoms with van der Waals surface area (Å²) in [4.78, 5) is 12.6. The molecule has 5 nitrogen and oxygen atoms in total. The molecule has 0 bridgehead atoms. The molecule has 0 aromatic heterocycles. The Labute approximate surface area is 168 Å². The van der Waals surface area contributed by atoms with E-state index in [2.05, 4.69) is 15.9 Å². The number of ether oxygens (including phenoxy) is 1. The minimum Gasteiger partial charge on any atom is -0.457 e. The summed E-state index contributed by atoms with van der Waals surface area (Å²) in [5.41, 5.74) is 1.73. The molecule has 2 aromatic carbocycles. The number of carbonyl (C=O) groups is 1. The Morgan fingerprint density at radius 1 is 1.07 bits per heavy atom. The van der Waals surface area contributed by atoms with Crippen molar-refractivity contribution in [1.82, 2.24) is 4.31 Å². The molecule has 1 heterocycles. The highest BCUT2D eigenvalue weighted by atomic mass is 79.9. The van der Waals surface area contributed by atoms with Crippen LogP contribution in [0.5, 0.6) is 0 Å². The van der Waals surface area contributed by atoms with Crippen LogP contribution in [0.15, 0.2) is 51.8 Å². The van der Waals surface area contributed by atoms with Crippen LogP contribution in [-0.4, -0.2) is 31.8 Å². The SMILES string of the molecule is Cc1ccc(C(=O)OCc2ccc(Br)cc2)cc1S(=O)(=O)N1CCCCC1. The van der Waals surface area contributed by atoms with Gasteiger partial charge in [0.2, 0.25) is 10.0 Å². The van der Waals surface area contributed by atoms with Crippen LogP contribution in [0.1, 0.15) is 40.7 Å². The topological polar surface area (TPSA) is 63.7 Å². The molecule has 0 amide bonds. The molecular formula is C20H22BrNO4S. The number of sulfonamides is 1. The van der Waals surface area contributed by atoms with Crippen molar-refractivity contribution in [2.75, 3.05) is 13.1 Å². The molecule has 1 saturated heterocycles. The lowest BCUT2D eigenvalue weighted by molar-refractivity contribution is 0.0472. The van der Waals surface area contributed by atoms with Gasteiger partial charge in [-0.3, -0.25) is 0 Å². The first kappa shape index (κ1) is 20.0. The number of piperidine rings is 1. The van der Waals surface area contributed by atoms with Crippen LogP contribution in [0.2, 0.25) is 0 Å². The summed E-state index contributed by atoms with van der Waals surface area (Å²) in [5, 5.41) is 0. The first-order chi connectivity index (χ1) is 12.9. The summed E-state index contributed by atoms with van der Waals surface area (Å²) < 4.78 is 33.7. The Bertz CT molecular complexity index is 919.